The number of methoxy groups -OCH3 is 1. The van der Waals surface area contributed by atoms with Crippen molar-refractivity contribution < 1.29 is 9.13 Å². The third-order valence-corrected chi connectivity index (χ3v) is 4.11. The quantitative estimate of drug-likeness (QED) is 0.863. The van der Waals surface area contributed by atoms with Crippen LogP contribution in [0.5, 0.6) is 5.75 Å². The van der Waals surface area contributed by atoms with Crippen LogP contribution >= 0.6 is 23.2 Å². The van der Waals surface area contributed by atoms with Crippen molar-refractivity contribution in [3.63, 3.8) is 0 Å². The van der Waals surface area contributed by atoms with Crippen LogP contribution in [0.2, 0.25) is 10.0 Å². The molecule has 0 aromatic heterocycles. The molecule has 2 aromatic rings. The number of hydrogen-bond donors (Lipinski definition) is 1. The van der Waals surface area contributed by atoms with Gasteiger partial charge in [0.15, 0.2) is 0 Å². The zero-order valence-electron chi connectivity index (χ0n) is 11.8. The molecule has 0 fully saturated rings. The van der Waals surface area contributed by atoms with E-state index in [2.05, 4.69) is 5.32 Å². The summed E-state index contributed by atoms with van der Waals surface area (Å²) < 4.78 is 19.2. The van der Waals surface area contributed by atoms with E-state index in [0.717, 1.165) is 5.56 Å². The van der Waals surface area contributed by atoms with Crippen LogP contribution in [0.4, 0.5) is 4.39 Å². The first-order chi connectivity index (χ1) is 10.1. The molecule has 0 spiro atoms. The number of ether oxygens (including phenoxy) is 1. The Labute approximate surface area is 133 Å². The number of benzene rings is 2. The summed E-state index contributed by atoms with van der Waals surface area (Å²) in [6.45, 7) is 0. The van der Waals surface area contributed by atoms with Crippen molar-refractivity contribution in [3.05, 3.63) is 63.4 Å². The summed E-state index contributed by atoms with van der Waals surface area (Å²) in [5.41, 5.74) is 1.35. The molecule has 0 saturated heterocycles. The van der Waals surface area contributed by atoms with Gasteiger partial charge in [0, 0.05) is 27.7 Å². The highest BCUT2D eigenvalue weighted by atomic mass is 35.5. The van der Waals surface area contributed by atoms with Gasteiger partial charge < -0.3 is 10.1 Å². The van der Waals surface area contributed by atoms with Crippen molar-refractivity contribution in [2.24, 2.45) is 0 Å². The normalized spacial score (nSPS) is 12.2. The van der Waals surface area contributed by atoms with Crippen molar-refractivity contribution in [1.82, 2.24) is 5.32 Å². The molecule has 0 aliphatic rings. The molecule has 0 amide bonds. The number of likely N-dealkylation sites (N-methyl/N-ethyl adjacent to an activating group) is 1. The molecule has 2 rings (SSSR count). The Balaban J connectivity index is 2.32. The topological polar surface area (TPSA) is 21.3 Å². The molecule has 0 saturated carbocycles. The van der Waals surface area contributed by atoms with Gasteiger partial charge in [0.1, 0.15) is 11.6 Å². The van der Waals surface area contributed by atoms with Gasteiger partial charge in [-0.1, -0.05) is 35.3 Å². The van der Waals surface area contributed by atoms with Crippen LogP contribution in [0.3, 0.4) is 0 Å². The molecule has 5 heteroatoms. The first-order valence-electron chi connectivity index (χ1n) is 6.50. The second kappa shape index (κ2) is 7.12. The van der Waals surface area contributed by atoms with Crippen LogP contribution in [0.15, 0.2) is 36.4 Å². The average molecular weight is 328 g/mol. The van der Waals surface area contributed by atoms with E-state index < -0.39 is 0 Å². The highest BCUT2D eigenvalue weighted by molar-refractivity contribution is 6.36. The van der Waals surface area contributed by atoms with E-state index in [1.165, 1.54) is 13.2 Å². The van der Waals surface area contributed by atoms with E-state index in [0.29, 0.717) is 27.8 Å². The molecule has 0 bridgehead atoms. The van der Waals surface area contributed by atoms with Crippen molar-refractivity contribution in [2.75, 3.05) is 14.2 Å². The zero-order valence-corrected chi connectivity index (χ0v) is 13.3. The fourth-order valence-electron chi connectivity index (χ4n) is 2.22. The second-order valence-corrected chi connectivity index (χ2v) is 5.45. The fourth-order valence-corrected chi connectivity index (χ4v) is 2.77. The lowest BCUT2D eigenvalue weighted by Crippen LogP contribution is -2.20. The highest BCUT2D eigenvalue weighted by Crippen LogP contribution is 2.31. The second-order valence-electron chi connectivity index (χ2n) is 4.63. The smallest absolute Gasteiger partial charge is 0.131 e. The minimum absolute atomic E-state index is 0.228. The molecule has 1 atom stereocenters. The van der Waals surface area contributed by atoms with Gasteiger partial charge in [-0.3, -0.25) is 0 Å². The van der Waals surface area contributed by atoms with Crippen LogP contribution in [0.25, 0.3) is 0 Å². The zero-order chi connectivity index (χ0) is 15.4. The number of halogens is 3. The lowest BCUT2D eigenvalue weighted by molar-refractivity contribution is 0.409. The summed E-state index contributed by atoms with van der Waals surface area (Å²) in [5.74, 6) is 0.166. The summed E-state index contributed by atoms with van der Waals surface area (Å²) in [5, 5.41) is 4.26. The first-order valence-corrected chi connectivity index (χ1v) is 7.26. The summed E-state index contributed by atoms with van der Waals surface area (Å²) in [4.78, 5) is 0. The SMILES string of the molecule is CNC(Cc1c(Cl)cccc1Cl)c1ccc(OC)cc1F. The largest absolute Gasteiger partial charge is 0.497 e. The van der Waals surface area contributed by atoms with Crippen LogP contribution in [-0.4, -0.2) is 14.2 Å². The predicted octanol–water partition coefficient (Wildman–Crippen LogP) is 4.64. The van der Waals surface area contributed by atoms with Crippen molar-refractivity contribution in [3.8, 4) is 5.75 Å². The van der Waals surface area contributed by atoms with Gasteiger partial charge in [-0.2, -0.15) is 0 Å². The molecule has 0 radical (unpaired) electrons. The summed E-state index contributed by atoms with van der Waals surface area (Å²) in [7, 11) is 3.28. The van der Waals surface area contributed by atoms with Gasteiger partial charge in [0.05, 0.1) is 7.11 Å². The van der Waals surface area contributed by atoms with E-state index in [1.54, 1.807) is 37.4 Å². The Bertz CT molecular complexity index is 613. The Morgan fingerprint density at radius 1 is 1.19 bits per heavy atom. The lowest BCUT2D eigenvalue weighted by atomic mass is 9.98. The molecular weight excluding hydrogens is 312 g/mol. The van der Waals surface area contributed by atoms with Gasteiger partial charge in [-0.05, 0) is 37.2 Å². The molecule has 2 nitrogen and oxygen atoms in total. The molecule has 21 heavy (non-hydrogen) atoms. The maximum absolute atomic E-state index is 14.2. The highest BCUT2D eigenvalue weighted by Gasteiger charge is 2.18. The number of rotatable bonds is 5. The molecular formula is C16H16Cl2FNO. The Kier molecular flexibility index (Phi) is 5.45. The monoisotopic (exact) mass is 327 g/mol. The van der Waals surface area contributed by atoms with Crippen molar-refractivity contribution in [2.45, 2.75) is 12.5 Å². The standard InChI is InChI=1S/C16H16Cl2FNO/c1-20-16(9-12-13(17)4-3-5-14(12)18)11-7-6-10(21-2)8-15(11)19/h3-8,16,20H,9H2,1-2H3. The Hall–Kier alpha value is -1.29. The predicted molar refractivity (Wildman–Crippen MR) is 84.9 cm³/mol. The maximum atomic E-state index is 14.2. The van der Waals surface area contributed by atoms with Crippen LogP contribution < -0.4 is 10.1 Å². The summed E-state index contributed by atoms with van der Waals surface area (Å²) in [6.07, 6.45) is 0.498. The Morgan fingerprint density at radius 2 is 1.86 bits per heavy atom. The fraction of sp³-hybridized carbons (Fsp3) is 0.250. The molecule has 0 aliphatic heterocycles. The van der Waals surface area contributed by atoms with E-state index in [1.807, 2.05) is 0 Å². The molecule has 0 aliphatic carbocycles. The number of nitrogens with one attached hydrogen (secondary N) is 1. The van der Waals surface area contributed by atoms with E-state index in [4.69, 9.17) is 27.9 Å². The third-order valence-electron chi connectivity index (χ3n) is 3.40. The van der Waals surface area contributed by atoms with E-state index >= 15 is 0 Å². The van der Waals surface area contributed by atoms with Gasteiger partial charge in [0.25, 0.3) is 0 Å². The van der Waals surface area contributed by atoms with Gasteiger partial charge in [-0.15, -0.1) is 0 Å². The first kappa shape index (κ1) is 16.1. The molecule has 0 heterocycles. The van der Waals surface area contributed by atoms with Gasteiger partial charge in [-0.25, -0.2) is 4.39 Å². The Morgan fingerprint density at radius 3 is 2.38 bits per heavy atom. The van der Waals surface area contributed by atoms with E-state index in [-0.39, 0.29) is 11.9 Å². The van der Waals surface area contributed by atoms with Crippen molar-refractivity contribution >= 4 is 23.2 Å². The molecule has 1 N–H and O–H groups in total. The van der Waals surface area contributed by atoms with Gasteiger partial charge >= 0.3 is 0 Å². The third kappa shape index (κ3) is 3.67. The molecule has 112 valence electrons. The lowest BCUT2D eigenvalue weighted by Gasteiger charge is -2.19. The maximum Gasteiger partial charge on any atom is 0.131 e. The van der Waals surface area contributed by atoms with Crippen molar-refractivity contribution in [1.29, 1.82) is 0 Å². The number of hydrogen-bond acceptors (Lipinski definition) is 2. The molecule has 1 unspecified atom stereocenters. The minimum Gasteiger partial charge on any atom is -0.497 e. The van der Waals surface area contributed by atoms with Crippen LogP contribution in [-0.2, 0) is 6.42 Å². The summed E-state index contributed by atoms with van der Waals surface area (Å²) >= 11 is 12.4. The molecule has 2 aromatic carbocycles. The minimum atomic E-state index is -0.322. The van der Waals surface area contributed by atoms with Crippen LogP contribution in [0, 0.1) is 5.82 Å². The average Bonchev–Trinajstić information content (AvgIpc) is 2.47. The summed E-state index contributed by atoms with van der Waals surface area (Å²) in [6, 6.07) is 9.93. The van der Waals surface area contributed by atoms with Gasteiger partial charge in [0.2, 0.25) is 0 Å². The van der Waals surface area contributed by atoms with Crippen LogP contribution in [0.1, 0.15) is 17.2 Å². The van der Waals surface area contributed by atoms with E-state index in [9.17, 15) is 4.39 Å².